The molecule has 0 bridgehead atoms. The lowest BCUT2D eigenvalue weighted by atomic mass is 9.79. The van der Waals surface area contributed by atoms with E-state index in [0.717, 1.165) is 25.9 Å². The maximum Gasteiger partial charge on any atom is 0.109 e. The first-order chi connectivity index (χ1) is 6.80. The number of nitrogens with zero attached hydrogens (tertiary/aromatic N) is 2. The standard InChI is InChI=1S/C11H19N3/c1-13-10-7-14(8-10)11(9-12)5-3-2-4-6-11/h10,13H,2-8H2,1H3. The lowest BCUT2D eigenvalue weighted by Crippen LogP contribution is -2.65. The van der Waals surface area contributed by atoms with Crippen molar-refractivity contribution in [1.29, 1.82) is 5.26 Å². The van der Waals surface area contributed by atoms with Crippen molar-refractivity contribution < 1.29 is 0 Å². The number of nitrogens with one attached hydrogen (secondary N) is 1. The molecule has 2 aliphatic rings. The van der Waals surface area contributed by atoms with E-state index in [1.54, 1.807) is 0 Å². The van der Waals surface area contributed by atoms with E-state index >= 15 is 0 Å². The zero-order valence-corrected chi connectivity index (χ0v) is 8.92. The summed E-state index contributed by atoms with van der Waals surface area (Å²) >= 11 is 0. The van der Waals surface area contributed by atoms with Crippen LogP contribution in [0.2, 0.25) is 0 Å². The summed E-state index contributed by atoms with van der Waals surface area (Å²) in [6.45, 7) is 2.12. The molecule has 1 heterocycles. The van der Waals surface area contributed by atoms with E-state index in [-0.39, 0.29) is 5.54 Å². The summed E-state index contributed by atoms with van der Waals surface area (Å²) in [5.41, 5.74) is -0.106. The predicted molar refractivity (Wildman–Crippen MR) is 55.8 cm³/mol. The highest BCUT2D eigenvalue weighted by molar-refractivity contribution is 5.13. The molecule has 0 amide bonds. The maximum absolute atomic E-state index is 9.32. The van der Waals surface area contributed by atoms with Gasteiger partial charge in [-0.1, -0.05) is 19.3 Å². The Bertz CT molecular complexity index is 231. The fourth-order valence-electron chi connectivity index (χ4n) is 2.65. The molecule has 0 atom stereocenters. The highest BCUT2D eigenvalue weighted by Gasteiger charge is 2.43. The molecule has 1 aliphatic heterocycles. The van der Waals surface area contributed by atoms with E-state index < -0.39 is 0 Å². The van der Waals surface area contributed by atoms with Crippen LogP contribution in [-0.2, 0) is 0 Å². The van der Waals surface area contributed by atoms with E-state index in [4.69, 9.17) is 0 Å². The number of hydrogen-bond acceptors (Lipinski definition) is 3. The summed E-state index contributed by atoms with van der Waals surface area (Å²) in [5, 5.41) is 12.6. The van der Waals surface area contributed by atoms with Crippen LogP contribution in [0.15, 0.2) is 0 Å². The van der Waals surface area contributed by atoms with Gasteiger partial charge in [0.25, 0.3) is 0 Å². The second kappa shape index (κ2) is 3.88. The molecule has 3 nitrogen and oxygen atoms in total. The summed E-state index contributed by atoms with van der Waals surface area (Å²) in [4.78, 5) is 2.37. The summed E-state index contributed by atoms with van der Waals surface area (Å²) in [7, 11) is 2.00. The second-order valence-corrected chi connectivity index (χ2v) is 4.59. The average molecular weight is 193 g/mol. The molecule has 0 unspecified atom stereocenters. The first-order valence-corrected chi connectivity index (χ1v) is 5.64. The van der Waals surface area contributed by atoms with Crippen LogP contribution in [0.5, 0.6) is 0 Å². The number of nitriles is 1. The molecule has 3 heteroatoms. The van der Waals surface area contributed by atoms with Crippen molar-refractivity contribution in [2.75, 3.05) is 20.1 Å². The van der Waals surface area contributed by atoms with Gasteiger partial charge in [0.05, 0.1) is 6.07 Å². The minimum atomic E-state index is -0.106. The number of hydrogen-bond donors (Lipinski definition) is 1. The Labute approximate surface area is 86.1 Å². The van der Waals surface area contributed by atoms with Gasteiger partial charge in [-0.05, 0) is 19.9 Å². The number of likely N-dealkylation sites (tertiary alicyclic amines) is 1. The highest BCUT2D eigenvalue weighted by Crippen LogP contribution is 2.35. The van der Waals surface area contributed by atoms with Crippen LogP contribution >= 0.6 is 0 Å². The van der Waals surface area contributed by atoms with E-state index in [9.17, 15) is 5.26 Å². The third-order valence-corrected chi connectivity index (χ3v) is 3.78. The molecule has 0 aromatic rings. The van der Waals surface area contributed by atoms with Gasteiger partial charge in [-0.2, -0.15) is 5.26 Å². The normalized spacial score (nSPS) is 28.0. The molecule has 1 N–H and O–H groups in total. The molecule has 78 valence electrons. The van der Waals surface area contributed by atoms with Crippen molar-refractivity contribution in [1.82, 2.24) is 10.2 Å². The van der Waals surface area contributed by atoms with Crippen LogP contribution in [0, 0.1) is 11.3 Å². The third-order valence-electron chi connectivity index (χ3n) is 3.78. The molecular formula is C11H19N3. The lowest BCUT2D eigenvalue weighted by molar-refractivity contribution is 0.0162. The molecule has 0 radical (unpaired) electrons. The molecule has 1 saturated carbocycles. The monoisotopic (exact) mass is 193 g/mol. The van der Waals surface area contributed by atoms with Crippen molar-refractivity contribution >= 4 is 0 Å². The van der Waals surface area contributed by atoms with Gasteiger partial charge in [-0.3, -0.25) is 4.90 Å². The van der Waals surface area contributed by atoms with E-state index in [1.165, 1.54) is 19.3 Å². The van der Waals surface area contributed by atoms with E-state index in [2.05, 4.69) is 16.3 Å². The molecule has 2 fully saturated rings. The number of rotatable bonds is 2. The number of likely N-dealkylation sites (N-methyl/N-ethyl adjacent to an activating group) is 1. The smallest absolute Gasteiger partial charge is 0.109 e. The summed E-state index contributed by atoms with van der Waals surface area (Å²) < 4.78 is 0. The average Bonchev–Trinajstić information content (AvgIpc) is 2.18. The fraction of sp³-hybridized carbons (Fsp3) is 0.909. The van der Waals surface area contributed by atoms with Crippen LogP contribution in [0.3, 0.4) is 0 Å². The largest absolute Gasteiger partial charge is 0.315 e. The second-order valence-electron chi connectivity index (χ2n) is 4.59. The zero-order chi connectivity index (χ0) is 10.0. The topological polar surface area (TPSA) is 39.1 Å². The van der Waals surface area contributed by atoms with Crippen molar-refractivity contribution in [3.63, 3.8) is 0 Å². The van der Waals surface area contributed by atoms with Gasteiger partial charge in [-0.25, -0.2) is 0 Å². The van der Waals surface area contributed by atoms with Crippen LogP contribution in [0.25, 0.3) is 0 Å². The fourth-order valence-corrected chi connectivity index (χ4v) is 2.65. The summed E-state index contributed by atoms with van der Waals surface area (Å²) in [5.74, 6) is 0. The Morgan fingerprint density at radius 2 is 1.93 bits per heavy atom. The third kappa shape index (κ3) is 1.53. The van der Waals surface area contributed by atoms with Gasteiger partial charge in [0.2, 0.25) is 0 Å². The van der Waals surface area contributed by atoms with E-state index in [0.29, 0.717) is 6.04 Å². The van der Waals surface area contributed by atoms with Gasteiger partial charge >= 0.3 is 0 Å². The lowest BCUT2D eigenvalue weighted by Gasteiger charge is -2.50. The molecular weight excluding hydrogens is 174 g/mol. The van der Waals surface area contributed by atoms with Gasteiger partial charge < -0.3 is 5.32 Å². The van der Waals surface area contributed by atoms with Gasteiger partial charge in [0.1, 0.15) is 5.54 Å². The van der Waals surface area contributed by atoms with Crippen LogP contribution in [0.1, 0.15) is 32.1 Å². The minimum absolute atomic E-state index is 0.106. The Kier molecular flexibility index (Phi) is 2.76. The first kappa shape index (κ1) is 9.95. The minimum Gasteiger partial charge on any atom is -0.315 e. The quantitative estimate of drug-likeness (QED) is 0.714. The van der Waals surface area contributed by atoms with Gasteiger partial charge in [0, 0.05) is 19.1 Å². The Hall–Kier alpha value is -0.590. The molecule has 0 spiro atoms. The Morgan fingerprint density at radius 1 is 1.29 bits per heavy atom. The molecule has 0 aromatic carbocycles. The summed E-state index contributed by atoms with van der Waals surface area (Å²) in [6.07, 6.45) is 5.94. The molecule has 1 aliphatic carbocycles. The maximum atomic E-state index is 9.32. The predicted octanol–water partition coefficient (Wildman–Crippen LogP) is 1.12. The zero-order valence-electron chi connectivity index (χ0n) is 8.92. The Balaban J connectivity index is 1.96. The van der Waals surface area contributed by atoms with Gasteiger partial charge in [0.15, 0.2) is 0 Å². The van der Waals surface area contributed by atoms with Crippen molar-refractivity contribution in [3.05, 3.63) is 0 Å². The van der Waals surface area contributed by atoms with Crippen LogP contribution in [-0.4, -0.2) is 36.6 Å². The van der Waals surface area contributed by atoms with Crippen LogP contribution in [0.4, 0.5) is 0 Å². The molecule has 14 heavy (non-hydrogen) atoms. The highest BCUT2D eigenvalue weighted by atomic mass is 15.3. The molecule has 0 aromatic heterocycles. The first-order valence-electron chi connectivity index (χ1n) is 5.64. The Morgan fingerprint density at radius 3 is 2.43 bits per heavy atom. The van der Waals surface area contributed by atoms with Gasteiger partial charge in [-0.15, -0.1) is 0 Å². The SMILES string of the molecule is CNC1CN(C2(C#N)CCCCC2)C1. The van der Waals surface area contributed by atoms with Crippen LogP contribution < -0.4 is 5.32 Å². The van der Waals surface area contributed by atoms with Crippen molar-refractivity contribution in [3.8, 4) is 6.07 Å². The van der Waals surface area contributed by atoms with Crippen molar-refractivity contribution in [2.24, 2.45) is 0 Å². The summed E-state index contributed by atoms with van der Waals surface area (Å²) in [6, 6.07) is 3.18. The molecule has 2 rings (SSSR count). The van der Waals surface area contributed by atoms with Crippen molar-refractivity contribution in [2.45, 2.75) is 43.7 Å². The van der Waals surface area contributed by atoms with E-state index in [1.807, 2.05) is 7.05 Å². The molecule has 1 saturated heterocycles.